The van der Waals surface area contributed by atoms with Gasteiger partial charge in [-0.2, -0.15) is 0 Å². The Morgan fingerprint density at radius 3 is 2.80 bits per heavy atom. The molecular formula is C20H22F2N2O. The zero-order valence-corrected chi connectivity index (χ0v) is 14.4. The zero-order valence-electron chi connectivity index (χ0n) is 14.4. The van der Waals surface area contributed by atoms with Gasteiger partial charge in [0.1, 0.15) is 11.6 Å². The summed E-state index contributed by atoms with van der Waals surface area (Å²) in [6.07, 6.45) is 1.89. The number of hydrogen-bond donors (Lipinski definition) is 1. The number of anilines is 1. The lowest BCUT2D eigenvalue weighted by atomic mass is 9.96. The van der Waals surface area contributed by atoms with Crippen LogP contribution in [0.3, 0.4) is 0 Å². The number of amides is 1. The largest absolute Gasteiger partial charge is 0.308 e. The van der Waals surface area contributed by atoms with Gasteiger partial charge in [0, 0.05) is 29.4 Å². The van der Waals surface area contributed by atoms with Crippen LogP contribution in [0.1, 0.15) is 37.4 Å². The lowest BCUT2D eigenvalue weighted by Gasteiger charge is -2.35. The maximum absolute atomic E-state index is 13.9. The fourth-order valence-electron chi connectivity index (χ4n) is 3.36. The van der Waals surface area contributed by atoms with Crippen LogP contribution in [0.5, 0.6) is 0 Å². The molecule has 0 radical (unpaired) electrons. The Bertz CT molecular complexity index is 778. The molecule has 0 saturated heterocycles. The zero-order chi connectivity index (χ0) is 18.0. The number of rotatable bonds is 4. The van der Waals surface area contributed by atoms with Gasteiger partial charge in [-0.05, 0) is 44.4 Å². The van der Waals surface area contributed by atoms with Crippen molar-refractivity contribution < 1.29 is 13.6 Å². The van der Waals surface area contributed by atoms with E-state index in [2.05, 4.69) is 5.32 Å². The number of carbonyl (C=O) groups excluding carboxylic acids is 1. The van der Waals surface area contributed by atoms with Gasteiger partial charge in [0.25, 0.3) is 0 Å². The first-order valence-corrected chi connectivity index (χ1v) is 8.55. The Morgan fingerprint density at radius 2 is 2.04 bits per heavy atom. The van der Waals surface area contributed by atoms with Crippen LogP contribution < -0.4 is 10.2 Å². The summed E-state index contributed by atoms with van der Waals surface area (Å²) in [7, 11) is 0. The van der Waals surface area contributed by atoms with Gasteiger partial charge in [-0.1, -0.05) is 24.3 Å². The maximum atomic E-state index is 13.9. The lowest BCUT2D eigenvalue weighted by molar-refractivity contribution is -0.118. The van der Waals surface area contributed by atoms with Crippen molar-refractivity contribution in [2.45, 2.75) is 38.8 Å². The summed E-state index contributed by atoms with van der Waals surface area (Å²) in [5.41, 5.74) is 2.47. The SMILES string of the molecule is CC(NCC(=O)N1c2ccccc2CCC1C)c1ccc(F)cc1F. The van der Waals surface area contributed by atoms with E-state index in [1.807, 2.05) is 36.1 Å². The number of nitrogens with one attached hydrogen (secondary N) is 1. The summed E-state index contributed by atoms with van der Waals surface area (Å²) in [4.78, 5) is 14.6. The first-order valence-electron chi connectivity index (χ1n) is 8.55. The fourth-order valence-corrected chi connectivity index (χ4v) is 3.36. The second-order valence-corrected chi connectivity index (χ2v) is 6.55. The number of hydrogen-bond acceptors (Lipinski definition) is 2. The molecule has 1 amide bonds. The van der Waals surface area contributed by atoms with Gasteiger partial charge in [-0.25, -0.2) is 8.78 Å². The third-order valence-corrected chi connectivity index (χ3v) is 4.78. The second kappa shape index (κ2) is 7.31. The molecule has 2 aromatic carbocycles. The highest BCUT2D eigenvalue weighted by Gasteiger charge is 2.28. The molecule has 1 N–H and O–H groups in total. The standard InChI is InChI=1S/C20H22F2N2O/c1-13-7-8-15-5-3-4-6-19(15)24(13)20(25)12-23-14(2)17-10-9-16(21)11-18(17)22/h3-6,9-11,13-14,23H,7-8,12H2,1-2H3. The van der Waals surface area contributed by atoms with Crippen LogP contribution in [0.2, 0.25) is 0 Å². The van der Waals surface area contributed by atoms with Crippen LogP contribution in [-0.4, -0.2) is 18.5 Å². The van der Waals surface area contributed by atoms with E-state index in [1.54, 1.807) is 6.92 Å². The maximum Gasteiger partial charge on any atom is 0.241 e. The molecule has 1 aliphatic rings. The van der Waals surface area contributed by atoms with Crippen molar-refractivity contribution in [2.75, 3.05) is 11.4 Å². The summed E-state index contributed by atoms with van der Waals surface area (Å²) in [5.74, 6) is -1.26. The van der Waals surface area contributed by atoms with Crippen molar-refractivity contribution >= 4 is 11.6 Å². The topological polar surface area (TPSA) is 32.3 Å². The van der Waals surface area contributed by atoms with E-state index in [0.717, 1.165) is 24.6 Å². The van der Waals surface area contributed by atoms with E-state index in [1.165, 1.54) is 17.7 Å². The molecule has 0 spiro atoms. The van der Waals surface area contributed by atoms with Crippen molar-refractivity contribution in [1.29, 1.82) is 0 Å². The van der Waals surface area contributed by atoms with Crippen LogP contribution in [-0.2, 0) is 11.2 Å². The third-order valence-electron chi connectivity index (χ3n) is 4.78. The van der Waals surface area contributed by atoms with Gasteiger partial charge in [0.05, 0.1) is 6.54 Å². The van der Waals surface area contributed by atoms with E-state index in [4.69, 9.17) is 0 Å². The molecule has 5 heteroatoms. The van der Waals surface area contributed by atoms with Crippen LogP contribution in [0, 0.1) is 11.6 Å². The quantitative estimate of drug-likeness (QED) is 0.910. The van der Waals surface area contributed by atoms with Crippen LogP contribution >= 0.6 is 0 Å². The predicted molar refractivity (Wildman–Crippen MR) is 94.5 cm³/mol. The fraction of sp³-hybridized carbons (Fsp3) is 0.350. The Kier molecular flexibility index (Phi) is 5.13. The molecule has 1 aliphatic heterocycles. The molecule has 0 bridgehead atoms. The van der Waals surface area contributed by atoms with E-state index in [9.17, 15) is 13.6 Å². The number of fused-ring (bicyclic) bond motifs is 1. The number of halogens is 2. The highest BCUT2D eigenvalue weighted by Crippen LogP contribution is 2.30. The van der Waals surface area contributed by atoms with E-state index >= 15 is 0 Å². The molecule has 1 heterocycles. The Morgan fingerprint density at radius 1 is 1.28 bits per heavy atom. The molecule has 0 fully saturated rings. The van der Waals surface area contributed by atoms with Gasteiger partial charge in [-0.3, -0.25) is 4.79 Å². The average molecular weight is 344 g/mol. The molecule has 25 heavy (non-hydrogen) atoms. The van der Waals surface area contributed by atoms with Gasteiger partial charge < -0.3 is 10.2 Å². The first kappa shape index (κ1) is 17.5. The van der Waals surface area contributed by atoms with Crippen LogP contribution in [0.4, 0.5) is 14.5 Å². The number of nitrogens with zero attached hydrogens (tertiary/aromatic N) is 1. The van der Waals surface area contributed by atoms with E-state index < -0.39 is 11.6 Å². The van der Waals surface area contributed by atoms with Crippen molar-refractivity contribution in [2.24, 2.45) is 0 Å². The van der Waals surface area contributed by atoms with E-state index in [0.29, 0.717) is 5.56 Å². The molecule has 3 nitrogen and oxygen atoms in total. The summed E-state index contributed by atoms with van der Waals surface area (Å²) in [6, 6.07) is 11.2. The number of aryl methyl sites for hydroxylation is 1. The highest BCUT2D eigenvalue weighted by atomic mass is 19.1. The molecule has 0 saturated carbocycles. The van der Waals surface area contributed by atoms with Crippen LogP contribution in [0.15, 0.2) is 42.5 Å². The minimum Gasteiger partial charge on any atom is -0.308 e. The van der Waals surface area contributed by atoms with Gasteiger partial charge in [0.2, 0.25) is 5.91 Å². The monoisotopic (exact) mass is 344 g/mol. The molecule has 0 aromatic heterocycles. The molecule has 2 unspecified atom stereocenters. The number of para-hydroxylation sites is 1. The van der Waals surface area contributed by atoms with Crippen molar-refractivity contribution in [3.63, 3.8) is 0 Å². The van der Waals surface area contributed by atoms with Crippen molar-refractivity contribution in [1.82, 2.24) is 5.32 Å². The molecule has 0 aliphatic carbocycles. The molecule has 2 atom stereocenters. The second-order valence-electron chi connectivity index (χ2n) is 6.55. The molecule has 2 aromatic rings. The van der Waals surface area contributed by atoms with Gasteiger partial charge in [0.15, 0.2) is 0 Å². The minimum absolute atomic E-state index is 0.0472. The molecular weight excluding hydrogens is 322 g/mol. The summed E-state index contributed by atoms with van der Waals surface area (Å²) >= 11 is 0. The summed E-state index contributed by atoms with van der Waals surface area (Å²) in [5, 5.41) is 3.05. The van der Waals surface area contributed by atoms with Gasteiger partial charge in [-0.15, -0.1) is 0 Å². The van der Waals surface area contributed by atoms with Gasteiger partial charge >= 0.3 is 0 Å². The Balaban J connectivity index is 1.70. The van der Waals surface area contributed by atoms with E-state index in [-0.39, 0.29) is 24.5 Å². The van der Waals surface area contributed by atoms with Crippen molar-refractivity contribution in [3.8, 4) is 0 Å². The predicted octanol–water partition coefficient (Wildman–Crippen LogP) is 3.98. The first-order chi connectivity index (χ1) is 12.0. The van der Waals surface area contributed by atoms with Crippen LogP contribution in [0.25, 0.3) is 0 Å². The summed E-state index contributed by atoms with van der Waals surface area (Å²) in [6.45, 7) is 3.89. The molecule has 3 rings (SSSR count). The average Bonchev–Trinajstić information content (AvgIpc) is 2.59. The summed E-state index contributed by atoms with van der Waals surface area (Å²) < 4.78 is 26.9. The Hall–Kier alpha value is -2.27. The highest BCUT2D eigenvalue weighted by molar-refractivity contribution is 5.96. The van der Waals surface area contributed by atoms with Crippen molar-refractivity contribution in [3.05, 3.63) is 65.2 Å². The third kappa shape index (κ3) is 3.71. The Labute approximate surface area is 146 Å². The smallest absolute Gasteiger partial charge is 0.241 e. The minimum atomic E-state index is -0.608. The lowest BCUT2D eigenvalue weighted by Crippen LogP contribution is -2.46. The number of carbonyl (C=O) groups is 1. The normalized spacial score (nSPS) is 17.9. The molecule has 132 valence electrons. The number of benzene rings is 2.